The fourth-order valence-electron chi connectivity index (χ4n) is 1.58. The van der Waals surface area contributed by atoms with Crippen LogP contribution < -0.4 is 4.74 Å². The Balaban J connectivity index is 2.60. The van der Waals surface area contributed by atoms with Gasteiger partial charge in [-0.25, -0.2) is 0 Å². The normalized spacial score (nSPS) is 10.7. The fraction of sp³-hybridized carbons (Fsp3) is 0.571. The smallest absolute Gasteiger partial charge is 0.122 e. The molecule has 1 aromatic carbocycles. The topological polar surface area (TPSA) is 9.23 Å². The zero-order chi connectivity index (χ0) is 11.1. The molecule has 0 spiro atoms. The molecule has 0 saturated heterocycles. The van der Waals surface area contributed by atoms with E-state index >= 15 is 0 Å². The van der Waals surface area contributed by atoms with Crippen molar-refractivity contribution in [3.63, 3.8) is 0 Å². The Kier molecular flexibility index (Phi) is 5.23. The van der Waals surface area contributed by atoms with Crippen molar-refractivity contribution in [3.8, 4) is 5.75 Å². The van der Waals surface area contributed by atoms with Gasteiger partial charge in [0.15, 0.2) is 0 Å². The minimum atomic E-state index is 0.681. The van der Waals surface area contributed by atoms with Gasteiger partial charge in [-0.1, -0.05) is 45.4 Å². The second kappa shape index (κ2) is 6.49. The summed E-state index contributed by atoms with van der Waals surface area (Å²) in [6, 6.07) is 8.38. The van der Waals surface area contributed by atoms with Crippen LogP contribution in [0.3, 0.4) is 0 Å². The number of unbranched alkanes of at least 4 members (excludes halogenated alkanes) is 1. The predicted octanol–water partition coefficient (Wildman–Crippen LogP) is 4.06. The highest BCUT2D eigenvalue weighted by Gasteiger charge is 2.04. The minimum absolute atomic E-state index is 0.681. The lowest BCUT2D eigenvalue weighted by molar-refractivity contribution is 0.305. The van der Waals surface area contributed by atoms with Gasteiger partial charge >= 0.3 is 0 Å². The predicted molar refractivity (Wildman–Crippen MR) is 65.4 cm³/mol. The number of hydrogen-bond acceptors (Lipinski definition) is 1. The van der Waals surface area contributed by atoms with Crippen molar-refractivity contribution in [3.05, 3.63) is 29.8 Å². The molecule has 0 aliphatic heterocycles. The Morgan fingerprint density at radius 1 is 1.20 bits per heavy atom. The maximum absolute atomic E-state index is 5.78. The lowest BCUT2D eigenvalue weighted by Gasteiger charge is -2.12. The maximum atomic E-state index is 5.78. The van der Waals surface area contributed by atoms with Crippen LogP contribution in [0.2, 0.25) is 0 Å². The lowest BCUT2D eigenvalue weighted by atomic mass is 10.0. The Bertz CT molecular complexity index is 278. The summed E-state index contributed by atoms with van der Waals surface area (Å²) in [6.45, 7) is 7.50. The molecule has 15 heavy (non-hydrogen) atoms. The number of benzene rings is 1. The van der Waals surface area contributed by atoms with E-state index in [-0.39, 0.29) is 0 Å². The highest BCUT2D eigenvalue weighted by atomic mass is 16.5. The SMILES string of the molecule is CCCCOc1ccccc1CC(C)C. The molecular weight excluding hydrogens is 184 g/mol. The molecule has 1 nitrogen and oxygen atoms in total. The first-order valence-corrected chi connectivity index (χ1v) is 5.94. The zero-order valence-electron chi connectivity index (χ0n) is 10.1. The highest BCUT2D eigenvalue weighted by Crippen LogP contribution is 2.21. The Morgan fingerprint density at radius 2 is 1.93 bits per heavy atom. The Labute approximate surface area is 93.5 Å². The van der Waals surface area contributed by atoms with Crippen LogP contribution in [0.5, 0.6) is 5.75 Å². The molecule has 0 N–H and O–H groups in total. The van der Waals surface area contributed by atoms with Crippen LogP contribution in [0.1, 0.15) is 39.2 Å². The van der Waals surface area contributed by atoms with Gasteiger partial charge < -0.3 is 4.74 Å². The van der Waals surface area contributed by atoms with E-state index in [9.17, 15) is 0 Å². The van der Waals surface area contributed by atoms with E-state index in [2.05, 4.69) is 39.0 Å². The van der Waals surface area contributed by atoms with Gasteiger partial charge in [-0.3, -0.25) is 0 Å². The molecule has 0 atom stereocenters. The first-order chi connectivity index (χ1) is 7.24. The zero-order valence-corrected chi connectivity index (χ0v) is 10.1. The average molecular weight is 206 g/mol. The molecule has 0 bridgehead atoms. The van der Waals surface area contributed by atoms with Gasteiger partial charge in [0.1, 0.15) is 5.75 Å². The van der Waals surface area contributed by atoms with Gasteiger partial charge in [-0.05, 0) is 30.4 Å². The van der Waals surface area contributed by atoms with Gasteiger partial charge in [0.25, 0.3) is 0 Å². The van der Waals surface area contributed by atoms with Gasteiger partial charge in [0.05, 0.1) is 6.61 Å². The molecule has 0 unspecified atom stereocenters. The molecule has 84 valence electrons. The molecule has 0 aliphatic carbocycles. The first-order valence-electron chi connectivity index (χ1n) is 5.94. The summed E-state index contributed by atoms with van der Waals surface area (Å²) in [4.78, 5) is 0. The molecule has 0 amide bonds. The van der Waals surface area contributed by atoms with Crippen LogP contribution in [-0.4, -0.2) is 6.61 Å². The molecule has 0 heterocycles. The molecule has 0 radical (unpaired) electrons. The van der Waals surface area contributed by atoms with Crippen LogP contribution in [0, 0.1) is 5.92 Å². The molecule has 0 aliphatic rings. The number of ether oxygens (including phenoxy) is 1. The molecule has 1 rings (SSSR count). The first kappa shape index (κ1) is 12.1. The second-order valence-electron chi connectivity index (χ2n) is 4.41. The molecule has 0 saturated carbocycles. The van der Waals surface area contributed by atoms with Crippen LogP contribution in [0.4, 0.5) is 0 Å². The van der Waals surface area contributed by atoms with Crippen LogP contribution in [-0.2, 0) is 6.42 Å². The van der Waals surface area contributed by atoms with Crippen molar-refractivity contribution in [2.75, 3.05) is 6.61 Å². The largest absolute Gasteiger partial charge is 0.493 e. The van der Waals surface area contributed by atoms with E-state index in [4.69, 9.17) is 4.74 Å². The van der Waals surface area contributed by atoms with Gasteiger partial charge in [0, 0.05) is 0 Å². The summed E-state index contributed by atoms with van der Waals surface area (Å²) in [5, 5.41) is 0. The third-order valence-electron chi connectivity index (χ3n) is 2.36. The summed E-state index contributed by atoms with van der Waals surface area (Å²) in [5.74, 6) is 1.75. The van der Waals surface area contributed by atoms with Crippen LogP contribution >= 0.6 is 0 Å². The van der Waals surface area contributed by atoms with E-state index in [0.29, 0.717) is 5.92 Å². The average Bonchev–Trinajstić information content (AvgIpc) is 2.20. The maximum Gasteiger partial charge on any atom is 0.122 e. The van der Waals surface area contributed by atoms with Crippen LogP contribution in [0.25, 0.3) is 0 Å². The summed E-state index contributed by atoms with van der Waals surface area (Å²) in [7, 11) is 0. The second-order valence-corrected chi connectivity index (χ2v) is 4.41. The van der Waals surface area contributed by atoms with E-state index in [1.807, 2.05) is 6.07 Å². The van der Waals surface area contributed by atoms with Crippen LogP contribution in [0.15, 0.2) is 24.3 Å². The quantitative estimate of drug-likeness (QED) is 0.638. The molecule has 0 fully saturated rings. The highest BCUT2D eigenvalue weighted by molar-refractivity contribution is 5.33. The van der Waals surface area contributed by atoms with Gasteiger partial charge in [-0.2, -0.15) is 0 Å². The van der Waals surface area contributed by atoms with Crippen molar-refractivity contribution < 1.29 is 4.74 Å². The minimum Gasteiger partial charge on any atom is -0.493 e. The third-order valence-corrected chi connectivity index (χ3v) is 2.36. The molecular formula is C14H22O. The van der Waals surface area contributed by atoms with Crippen molar-refractivity contribution in [1.82, 2.24) is 0 Å². The van der Waals surface area contributed by atoms with E-state index < -0.39 is 0 Å². The standard InChI is InChI=1S/C14H22O/c1-4-5-10-15-14-9-7-6-8-13(14)11-12(2)3/h6-9,12H,4-5,10-11H2,1-3H3. The summed E-state index contributed by atoms with van der Waals surface area (Å²) in [5.41, 5.74) is 1.34. The van der Waals surface area contributed by atoms with Gasteiger partial charge in [-0.15, -0.1) is 0 Å². The fourth-order valence-corrected chi connectivity index (χ4v) is 1.58. The van der Waals surface area contributed by atoms with Crippen molar-refractivity contribution >= 4 is 0 Å². The third kappa shape index (κ3) is 4.37. The Hall–Kier alpha value is -0.980. The Morgan fingerprint density at radius 3 is 2.60 bits per heavy atom. The van der Waals surface area contributed by atoms with E-state index in [1.165, 1.54) is 12.0 Å². The van der Waals surface area contributed by atoms with Gasteiger partial charge in [0.2, 0.25) is 0 Å². The molecule has 0 aromatic heterocycles. The van der Waals surface area contributed by atoms with E-state index in [1.54, 1.807) is 0 Å². The number of hydrogen-bond donors (Lipinski definition) is 0. The lowest BCUT2D eigenvalue weighted by Crippen LogP contribution is -2.02. The van der Waals surface area contributed by atoms with Crippen molar-refractivity contribution in [2.24, 2.45) is 5.92 Å². The summed E-state index contributed by atoms with van der Waals surface area (Å²) < 4.78 is 5.78. The van der Waals surface area contributed by atoms with Crippen molar-refractivity contribution in [2.45, 2.75) is 40.0 Å². The monoisotopic (exact) mass is 206 g/mol. The summed E-state index contributed by atoms with van der Waals surface area (Å²) >= 11 is 0. The number of rotatable bonds is 6. The molecule has 1 aromatic rings. The van der Waals surface area contributed by atoms with E-state index in [0.717, 1.165) is 25.2 Å². The van der Waals surface area contributed by atoms with Crippen molar-refractivity contribution in [1.29, 1.82) is 0 Å². The molecule has 1 heteroatoms. The number of para-hydroxylation sites is 1. The summed E-state index contributed by atoms with van der Waals surface area (Å²) in [6.07, 6.45) is 3.42.